The smallest absolute Gasteiger partial charge is 0.339 e. The largest absolute Gasteiger partial charge is 0.496 e. The third kappa shape index (κ3) is 1.97. The van der Waals surface area contributed by atoms with Gasteiger partial charge in [0.2, 0.25) is 0 Å². The normalized spacial score (nSPS) is 9.56. The van der Waals surface area contributed by atoms with Crippen LogP contribution in [0.1, 0.15) is 20.7 Å². The summed E-state index contributed by atoms with van der Waals surface area (Å²) in [6, 6.07) is 1.82. The van der Waals surface area contributed by atoms with E-state index in [2.05, 4.69) is 0 Å². The van der Waals surface area contributed by atoms with Crippen molar-refractivity contribution in [3.05, 3.63) is 33.4 Å². The van der Waals surface area contributed by atoms with Crippen molar-refractivity contribution in [2.75, 3.05) is 7.11 Å². The highest BCUT2D eigenvalue weighted by Crippen LogP contribution is 2.27. The molecule has 0 atom stereocenters. The lowest BCUT2D eigenvalue weighted by Crippen LogP contribution is -2.04. The molecule has 0 unspecified atom stereocenters. The van der Waals surface area contributed by atoms with Gasteiger partial charge in [0.1, 0.15) is 11.3 Å². The van der Waals surface area contributed by atoms with E-state index >= 15 is 0 Å². The van der Waals surface area contributed by atoms with E-state index in [0.717, 1.165) is 12.1 Å². The zero-order valence-corrected chi connectivity index (χ0v) is 8.17. The number of nitro groups is 1. The molecule has 1 N–H and O–H groups in total. The molecule has 0 bridgehead atoms. The Morgan fingerprint density at radius 2 is 2.19 bits per heavy atom. The second kappa shape index (κ2) is 4.39. The van der Waals surface area contributed by atoms with Crippen molar-refractivity contribution in [3.63, 3.8) is 0 Å². The molecule has 0 aliphatic carbocycles. The number of aromatic carboxylic acids is 1. The third-order valence-corrected chi connectivity index (χ3v) is 1.90. The summed E-state index contributed by atoms with van der Waals surface area (Å²) < 4.78 is 4.70. The molecule has 7 nitrogen and oxygen atoms in total. The van der Waals surface area contributed by atoms with E-state index in [9.17, 15) is 19.7 Å². The van der Waals surface area contributed by atoms with Gasteiger partial charge in [0, 0.05) is 0 Å². The van der Waals surface area contributed by atoms with Crippen LogP contribution in [0, 0.1) is 10.1 Å². The van der Waals surface area contributed by atoms with Crippen molar-refractivity contribution in [3.8, 4) is 5.75 Å². The lowest BCUT2D eigenvalue weighted by Gasteiger charge is -2.05. The molecule has 0 heterocycles. The van der Waals surface area contributed by atoms with Crippen LogP contribution in [0.2, 0.25) is 0 Å². The van der Waals surface area contributed by atoms with Crippen LogP contribution >= 0.6 is 0 Å². The van der Waals surface area contributed by atoms with Crippen molar-refractivity contribution >= 4 is 17.9 Å². The molecule has 16 heavy (non-hydrogen) atoms. The molecular formula is C9H7NO6. The first-order valence-electron chi connectivity index (χ1n) is 4.06. The maximum Gasteiger partial charge on any atom is 0.339 e. The van der Waals surface area contributed by atoms with Crippen molar-refractivity contribution in [1.82, 2.24) is 0 Å². The molecule has 1 rings (SSSR count). The number of rotatable bonds is 4. The molecule has 0 aromatic heterocycles. The van der Waals surface area contributed by atoms with Gasteiger partial charge in [-0.1, -0.05) is 0 Å². The van der Waals surface area contributed by atoms with Gasteiger partial charge in [-0.3, -0.25) is 14.9 Å². The molecule has 1 aromatic rings. The van der Waals surface area contributed by atoms with E-state index in [0.29, 0.717) is 0 Å². The van der Waals surface area contributed by atoms with Gasteiger partial charge in [-0.2, -0.15) is 0 Å². The summed E-state index contributed by atoms with van der Waals surface area (Å²) in [4.78, 5) is 31.1. The van der Waals surface area contributed by atoms with E-state index < -0.39 is 16.6 Å². The van der Waals surface area contributed by atoms with Crippen molar-refractivity contribution < 1.29 is 24.4 Å². The average Bonchev–Trinajstić information content (AvgIpc) is 2.26. The number of carbonyl (C=O) groups excluding carboxylic acids is 1. The van der Waals surface area contributed by atoms with E-state index in [1.807, 2.05) is 0 Å². The van der Waals surface area contributed by atoms with Gasteiger partial charge in [-0.05, 0) is 6.07 Å². The van der Waals surface area contributed by atoms with Crippen LogP contribution in [0.5, 0.6) is 5.75 Å². The van der Waals surface area contributed by atoms with E-state index in [1.54, 1.807) is 0 Å². The molecular weight excluding hydrogens is 218 g/mol. The van der Waals surface area contributed by atoms with Crippen molar-refractivity contribution in [1.29, 1.82) is 0 Å². The van der Waals surface area contributed by atoms with Gasteiger partial charge in [-0.15, -0.1) is 0 Å². The summed E-state index contributed by atoms with van der Waals surface area (Å²) >= 11 is 0. The Hall–Kier alpha value is -2.44. The van der Waals surface area contributed by atoms with Crippen molar-refractivity contribution in [2.45, 2.75) is 0 Å². The van der Waals surface area contributed by atoms with E-state index in [-0.39, 0.29) is 23.2 Å². The van der Waals surface area contributed by atoms with Gasteiger partial charge in [0.25, 0.3) is 5.69 Å². The van der Waals surface area contributed by atoms with E-state index in [4.69, 9.17) is 9.84 Å². The number of hydrogen-bond donors (Lipinski definition) is 1. The van der Waals surface area contributed by atoms with Gasteiger partial charge in [0.05, 0.1) is 23.7 Å². The highest BCUT2D eigenvalue weighted by Gasteiger charge is 2.21. The van der Waals surface area contributed by atoms with Crippen LogP contribution in [0.15, 0.2) is 12.1 Å². The number of methoxy groups -OCH3 is 1. The van der Waals surface area contributed by atoms with Crippen LogP contribution in [-0.4, -0.2) is 29.4 Å². The second-order valence-electron chi connectivity index (χ2n) is 2.79. The van der Waals surface area contributed by atoms with Gasteiger partial charge >= 0.3 is 5.97 Å². The maximum absolute atomic E-state index is 10.8. The number of carboxylic acids is 1. The third-order valence-electron chi connectivity index (χ3n) is 1.90. The van der Waals surface area contributed by atoms with Crippen LogP contribution in [-0.2, 0) is 0 Å². The molecule has 0 amide bonds. The van der Waals surface area contributed by atoms with Gasteiger partial charge < -0.3 is 9.84 Å². The summed E-state index contributed by atoms with van der Waals surface area (Å²) in [5, 5.41) is 19.4. The van der Waals surface area contributed by atoms with Crippen LogP contribution in [0.3, 0.4) is 0 Å². The Kier molecular flexibility index (Phi) is 3.19. The van der Waals surface area contributed by atoms with Crippen LogP contribution in [0.25, 0.3) is 0 Å². The summed E-state index contributed by atoms with van der Waals surface area (Å²) in [5.74, 6) is -1.49. The quantitative estimate of drug-likeness (QED) is 0.467. The van der Waals surface area contributed by atoms with Gasteiger partial charge in [0.15, 0.2) is 6.29 Å². The first-order chi connectivity index (χ1) is 7.51. The Balaban J connectivity index is 3.52. The lowest BCUT2D eigenvalue weighted by molar-refractivity contribution is -0.385. The summed E-state index contributed by atoms with van der Waals surface area (Å²) in [7, 11) is 1.19. The van der Waals surface area contributed by atoms with Crippen LogP contribution < -0.4 is 4.74 Å². The number of benzene rings is 1. The maximum atomic E-state index is 10.8. The van der Waals surface area contributed by atoms with Gasteiger partial charge in [-0.25, -0.2) is 4.79 Å². The fraction of sp³-hybridized carbons (Fsp3) is 0.111. The number of nitro benzene ring substituents is 1. The van der Waals surface area contributed by atoms with E-state index in [1.165, 1.54) is 7.11 Å². The number of aldehydes is 1. The summed E-state index contributed by atoms with van der Waals surface area (Å²) in [5.41, 5.74) is -1.09. The highest BCUT2D eigenvalue weighted by molar-refractivity contribution is 5.95. The molecule has 0 spiro atoms. The zero-order valence-electron chi connectivity index (χ0n) is 8.17. The minimum Gasteiger partial charge on any atom is -0.496 e. The Labute approximate surface area is 89.4 Å². The Morgan fingerprint density at radius 1 is 1.56 bits per heavy atom. The van der Waals surface area contributed by atoms with Crippen molar-refractivity contribution in [2.24, 2.45) is 0 Å². The fourth-order valence-electron chi connectivity index (χ4n) is 1.17. The SMILES string of the molecule is COc1cc([N+](=O)[O-])c(C=O)cc1C(=O)O. The average molecular weight is 225 g/mol. The molecule has 7 heteroatoms. The Bertz CT molecular complexity index is 467. The molecule has 0 fully saturated rings. The van der Waals surface area contributed by atoms with Crippen LogP contribution in [0.4, 0.5) is 5.69 Å². The number of ether oxygens (including phenoxy) is 1. The molecule has 84 valence electrons. The standard InChI is InChI=1S/C9H7NO6/c1-16-8-3-7(10(14)15)5(4-11)2-6(8)9(12)13/h2-4H,1H3,(H,12,13). The highest BCUT2D eigenvalue weighted by atomic mass is 16.6. The Morgan fingerprint density at radius 3 is 2.56 bits per heavy atom. The molecule has 0 radical (unpaired) electrons. The predicted octanol–water partition coefficient (Wildman–Crippen LogP) is 1.11. The summed E-state index contributed by atoms with van der Waals surface area (Å²) in [6.07, 6.45) is 0.226. The lowest BCUT2D eigenvalue weighted by atomic mass is 10.1. The molecule has 0 saturated heterocycles. The molecule has 0 saturated carbocycles. The molecule has 1 aromatic carbocycles. The monoisotopic (exact) mass is 225 g/mol. The predicted molar refractivity (Wildman–Crippen MR) is 52.0 cm³/mol. The fourth-order valence-corrected chi connectivity index (χ4v) is 1.17. The minimum absolute atomic E-state index is 0.162. The zero-order chi connectivity index (χ0) is 12.3. The number of carboxylic acid groups (broad SMARTS) is 1. The summed E-state index contributed by atoms with van der Waals surface area (Å²) in [6.45, 7) is 0. The topological polar surface area (TPSA) is 107 Å². The molecule has 0 aliphatic heterocycles. The minimum atomic E-state index is -1.32. The number of carbonyl (C=O) groups is 2. The number of nitrogens with zero attached hydrogens (tertiary/aromatic N) is 1. The second-order valence-corrected chi connectivity index (χ2v) is 2.79. The first kappa shape index (κ1) is 11.6. The molecule has 0 aliphatic rings. The first-order valence-corrected chi connectivity index (χ1v) is 4.06. The number of hydrogen-bond acceptors (Lipinski definition) is 5.